The van der Waals surface area contributed by atoms with Crippen molar-refractivity contribution in [2.75, 3.05) is 22.3 Å². The number of hydrogen-bond donors (Lipinski definition) is 2. The van der Waals surface area contributed by atoms with E-state index in [1.54, 1.807) is 36.4 Å². The molecule has 0 radical (unpaired) electrons. The number of anilines is 3. The lowest BCUT2D eigenvalue weighted by atomic mass is 10.0. The summed E-state index contributed by atoms with van der Waals surface area (Å²) in [5.74, 6) is 0.409. The fourth-order valence-corrected chi connectivity index (χ4v) is 5.32. The lowest BCUT2D eigenvalue weighted by molar-refractivity contribution is 0.589. The van der Waals surface area contributed by atoms with Gasteiger partial charge in [0.05, 0.1) is 16.3 Å². The molecule has 8 heteroatoms. The molecule has 0 saturated heterocycles. The molecule has 1 heterocycles. The van der Waals surface area contributed by atoms with Gasteiger partial charge in [-0.15, -0.1) is 0 Å². The van der Waals surface area contributed by atoms with Crippen molar-refractivity contribution in [1.82, 2.24) is 9.97 Å². The van der Waals surface area contributed by atoms with Crippen molar-refractivity contribution in [3.8, 4) is 11.3 Å². The molecular weight excluding hydrogens is 446 g/mol. The molecule has 0 aliphatic carbocycles. The summed E-state index contributed by atoms with van der Waals surface area (Å²) in [5.41, 5.74) is 16.0. The van der Waals surface area contributed by atoms with Gasteiger partial charge in [-0.25, -0.2) is 13.4 Å². The van der Waals surface area contributed by atoms with Crippen LogP contribution in [-0.2, 0) is 16.4 Å². The smallest absolute Gasteiger partial charge is 0.264 e. The second-order valence-corrected chi connectivity index (χ2v) is 9.85. The van der Waals surface area contributed by atoms with Gasteiger partial charge in [0.25, 0.3) is 10.0 Å². The van der Waals surface area contributed by atoms with Crippen molar-refractivity contribution in [2.45, 2.75) is 24.7 Å². The summed E-state index contributed by atoms with van der Waals surface area (Å²) < 4.78 is 28.5. The Morgan fingerprint density at radius 2 is 1.44 bits per heavy atom. The predicted octanol–water partition coefficient (Wildman–Crippen LogP) is 4.44. The minimum absolute atomic E-state index is 0.105. The van der Waals surface area contributed by atoms with Gasteiger partial charge in [-0.05, 0) is 44.0 Å². The Morgan fingerprint density at radius 3 is 2.09 bits per heavy atom. The average Bonchev–Trinajstić information content (AvgIpc) is 2.84. The predicted molar refractivity (Wildman–Crippen MR) is 137 cm³/mol. The van der Waals surface area contributed by atoms with Crippen molar-refractivity contribution < 1.29 is 8.42 Å². The van der Waals surface area contributed by atoms with Crippen molar-refractivity contribution in [3.63, 3.8) is 0 Å². The number of hydrogen-bond acceptors (Lipinski definition) is 6. The van der Waals surface area contributed by atoms with Crippen LogP contribution in [0.2, 0.25) is 0 Å². The standard InChI is InChI=1S/C26H27N5O2S/c1-19-14-16-22(17-15-19)34(32,33)31(21-11-6-3-7-12-21)18-8-13-23-24(20-9-4-2-5-10-20)29-26(28)30-25(23)27/h2-7,9-12,14-17H,8,13,18H2,1H3,(H4,27,28,29,30). The van der Waals surface area contributed by atoms with Crippen molar-refractivity contribution in [3.05, 3.63) is 96.1 Å². The Bertz CT molecular complexity index is 1360. The summed E-state index contributed by atoms with van der Waals surface area (Å²) in [5, 5.41) is 0. The number of aryl methyl sites for hydroxylation is 1. The lowest BCUT2D eigenvalue weighted by Crippen LogP contribution is -2.32. The number of nitrogen functional groups attached to an aromatic ring is 2. The number of rotatable bonds is 8. The van der Waals surface area contributed by atoms with Gasteiger partial charge in [0, 0.05) is 17.7 Å². The molecule has 4 aromatic rings. The summed E-state index contributed by atoms with van der Waals surface area (Å²) in [6.45, 7) is 2.19. The van der Waals surface area contributed by atoms with E-state index in [4.69, 9.17) is 11.5 Å². The number of nitrogens with two attached hydrogens (primary N) is 2. The highest BCUT2D eigenvalue weighted by Gasteiger charge is 2.25. The highest BCUT2D eigenvalue weighted by atomic mass is 32.2. The first-order valence-corrected chi connectivity index (χ1v) is 12.4. The van der Waals surface area contributed by atoms with E-state index in [2.05, 4.69) is 9.97 Å². The molecule has 0 spiro atoms. The Labute approximate surface area is 200 Å². The molecule has 7 nitrogen and oxygen atoms in total. The fourth-order valence-electron chi connectivity index (χ4n) is 3.82. The van der Waals surface area contributed by atoms with E-state index in [1.807, 2.05) is 55.5 Å². The molecule has 0 atom stereocenters. The zero-order chi connectivity index (χ0) is 24.1. The molecule has 0 amide bonds. The molecular formula is C26H27N5O2S. The summed E-state index contributed by atoms with van der Waals surface area (Å²) in [6.07, 6.45) is 1.00. The highest BCUT2D eigenvalue weighted by Crippen LogP contribution is 2.29. The van der Waals surface area contributed by atoms with Crippen LogP contribution in [0.5, 0.6) is 0 Å². The molecule has 0 unspecified atom stereocenters. The molecule has 34 heavy (non-hydrogen) atoms. The van der Waals surface area contributed by atoms with Gasteiger partial charge in [0.15, 0.2) is 0 Å². The molecule has 0 aliphatic rings. The number of sulfonamides is 1. The zero-order valence-corrected chi connectivity index (χ0v) is 19.7. The third-order valence-corrected chi connectivity index (χ3v) is 7.39. The molecule has 0 saturated carbocycles. The third kappa shape index (κ3) is 5.02. The van der Waals surface area contributed by atoms with E-state index in [0.717, 1.165) is 16.7 Å². The van der Waals surface area contributed by atoms with E-state index in [9.17, 15) is 8.42 Å². The third-order valence-electron chi connectivity index (χ3n) is 5.54. The van der Waals surface area contributed by atoms with Gasteiger partial charge in [0.1, 0.15) is 5.82 Å². The summed E-state index contributed by atoms with van der Waals surface area (Å²) in [6, 6.07) is 25.6. The van der Waals surface area contributed by atoms with E-state index >= 15 is 0 Å². The number of benzene rings is 3. The van der Waals surface area contributed by atoms with Crippen molar-refractivity contribution in [2.24, 2.45) is 0 Å². The molecule has 0 bridgehead atoms. The molecule has 174 valence electrons. The van der Waals surface area contributed by atoms with Crippen LogP contribution in [0.25, 0.3) is 11.3 Å². The fraction of sp³-hybridized carbons (Fsp3) is 0.154. The number of aromatic nitrogens is 2. The van der Waals surface area contributed by atoms with E-state index in [0.29, 0.717) is 30.0 Å². The van der Waals surface area contributed by atoms with E-state index in [-0.39, 0.29) is 17.4 Å². The summed E-state index contributed by atoms with van der Waals surface area (Å²) in [7, 11) is -3.75. The summed E-state index contributed by atoms with van der Waals surface area (Å²) >= 11 is 0. The second kappa shape index (κ2) is 9.93. The molecule has 4 N–H and O–H groups in total. The minimum Gasteiger partial charge on any atom is -0.383 e. The van der Waals surface area contributed by atoms with Gasteiger partial charge in [0.2, 0.25) is 5.95 Å². The van der Waals surface area contributed by atoms with Gasteiger partial charge in [-0.2, -0.15) is 4.98 Å². The SMILES string of the molecule is Cc1ccc(S(=O)(=O)N(CCCc2c(N)nc(N)nc2-c2ccccc2)c2ccccc2)cc1. The monoisotopic (exact) mass is 473 g/mol. The van der Waals surface area contributed by atoms with Crippen molar-refractivity contribution >= 4 is 27.5 Å². The normalized spacial score (nSPS) is 11.3. The molecule has 4 rings (SSSR count). The Balaban J connectivity index is 1.63. The Morgan fingerprint density at radius 1 is 0.824 bits per heavy atom. The van der Waals surface area contributed by atoms with E-state index in [1.165, 1.54) is 4.31 Å². The maximum atomic E-state index is 13.5. The Hall–Kier alpha value is -3.91. The van der Waals surface area contributed by atoms with Crippen LogP contribution < -0.4 is 15.8 Å². The molecule has 0 fully saturated rings. The molecule has 3 aromatic carbocycles. The van der Waals surface area contributed by atoms with Crippen LogP contribution in [0.4, 0.5) is 17.5 Å². The average molecular weight is 474 g/mol. The van der Waals surface area contributed by atoms with Gasteiger partial charge in [-0.1, -0.05) is 66.2 Å². The largest absolute Gasteiger partial charge is 0.383 e. The summed E-state index contributed by atoms with van der Waals surface area (Å²) in [4.78, 5) is 8.80. The van der Waals surface area contributed by atoms with E-state index < -0.39 is 10.0 Å². The van der Waals surface area contributed by atoms with Gasteiger partial charge >= 0.3 is 0 Å². The first-order chi connectivity index (χ1) is 16.4. The van der Waals surface area contributed by atoms with Crippen molar-refractivity contribution in [1.29, 1.82) is 0 Å². The van der Waals surface area contributed by atoms with Gasteiger partial charge < -0.3 is 11.5 Å². The van der Waals surface area contributed by atoms with Crippen LogP contribution in [-0.4, -0.2) is 24.9 Å². The van der Waals surface area contributed by atoms with Crippen LogP contribution in [0, 0.1) is 6.92 Å². The van der Waals surface area contributed by atoms with Gasteiger partial charge in [-0.3, -0.25) is 4.31 Å². The Kier molecular flexibility index (Phi) is 6.79. The van der Waals surface area contributed by atoms with Crippen LogP contribution in [0.1, 0.15) is 17.5 Å². The van der Waals surface area contributed by atoms with Crippen LogP contribution >= 0.6 is 0 Å². The minimum atomic E-state index is -3.75. The maximum absolute atomic E-state index is 13.5. The topological polar surface area (TPSA) is 115 Å². The first kappa shape index (κ1) is 23.3. The number of nitrogens with zero attached hydrogens (tertiary/aromatic N) is 3. The van der Waals surface area contributed by atoms with Crippen LogP contribution in [0.3, 0.4) is 0 Å². The maximum Gasteiger partial charge on any atom is 0.264 e. The van der Waals surface area contributed by atoms with Crippen LogP contribution in [0.15, 0.2) is 89.8 Å². The zero-order valence-electron chi connectivity index (χ0n) is 18.9. The first-order valence-electron chi connectivity index (χ1n) is 11.0. The second-order valence-electron chi connectivity index (χ2n) is 7.99. The highest BCUT2D eigenvalue weighted by molar-refractivity contribution is 7.92. The number of para-hydroxylation sites is 1. The quantitative estimate of drug-likeness (QED) is 0.391. The molecule has 0 aliphatic heterocycles. The lowest BCUT2D eigenvalue weighted by Gasteiger charge is -2.25. The molecule has 1 aromatic heterocycles.